The van der Waals surface area contributed by atoms with Gasteiger partial charge in [-0.3, -0.25) is 9.78 Å². The number of hydrogen-bond donors (Lipinski definition) is 0. The van der Waals surface area contributed by atoms with E-state index in [0.717, 1.165) is 47.8 Å². The summed E-state index contributed by atoms with van der Waals surface area (Å²) in [7, 11) is -1.30. The highest BCUT2D eigenvalue weighted by Gasteiger charge is 2.43. The number of fused-ring (bicyclic) bond motifs is 2. The smallest absolute Gasteiger partial charge is 0.227 e. The normalized spacial score (nSPS) is 23.9. The minimum atomic E-state index is -3.12. The number of aryl methyl sites for hydroxylation is 1. The maximum atomic E-state index is 12.2. The van der Waals surface area contributed by atoms with Gasteiger partial charge in [0.15, 0.2) is 0 Å². The Balaban J connectivity index is 1.34. The van der Waals surface area contributed by atoms with Gasteiger partial charge in [-0.2, -0.15) is 0 Å². The lowest BCUT2D eigenvalue weighted by atomic mass is 9.98. The van der Waals surface area contributed by atoms with Crippen LogP contribution < -0.4 is 9.80 Å². The van der Waals surface area contributed by atoms with Crippen molar-refractivity contribution in [3.8, 4) is 11.3 Å². The van der Waals surface area contributed by atoms with E-state index in [-0.39, 0.29) is 11.7 Å². The van der Waals surface area contributed by atoms with Gasteiger partial charge in [0.1, 0.15) is 5.82 Å². The molecule has 0 spiro atoms. The van der Waals surface area contributed by atoms with Crippen LogP contribution in [0.1, 0.15) is 18.9 Å². The predicted octanol–water partition coefficient (Wildman–Crippen LogP) is 1.77. The molecule has 0 unspecified atom stereocenters. The Morgan fingerprint density at radius 3 is 2.52 bits per heavy atom. The number of hydrogen-bond acceptors (Lipinski definition) is 6. The molecule has 2 fully saturated rings. The van der Waals surface area contributed by atoms with Gasteiger partial charge in [-0.1, -0.05) is 6.07 Å². The maximum absolute atomic E-state index is 12.2. The van der Waals surface area contributed by atoms with E-state index in [1.54, 1.807) is 28.5 Å². The number of aromatic nitrogens is 2. The fraction of sp³-hybridized carbons (Fsp3) is 0.500. The SMILES string of the molecule is CCS(=O)(=O)N1C[C@H]2CN(c3cncc(-c4ccc5c(c4)CCC(=O)N5C)n3)C[C@@H]2C1. The highest BCUT2D eigenvalue weighted by Crippen LogP contribution is 2.35. The van der Waals surface area contributed by atoms with E-state index in [9.17, 15) is 13.2 Å². The van der Waals surface area contributed by atoms with Crippen molar-refractivity contribution in [2.24, 2.45) is 11.8 Å². The van der Waals surface area contributed by atoms with Gasteiger partial charge >= 0.3 is 0 Å². The van der Waals surface area contributed by atoms with Crippen LogP contribution in [0.4, 0.5) is 11.5 Å². The van der Waals surface area contributed by atoms with Crippen LogP contribution in [0.5, 0.6) is 0 Å². The molecule has 0 radical (unpaired) electrons. The number of carbonyl (C=O) groups is 1. The molecule has 5 rings (SSSR count). The Kier molecular flexibility index (Phi) is 4.97. The van der Waals surface area contributed by atoms with Crippen LogP contribution in [-0.2, 0) is 21.2 Å². The van der Waals surface area contributed by atoms with E-state index in [2.05, 4.69) is 16.0 Å². The zero-order valence-electron chi connectivity index (χ0n) is 17.9. The average Bonchev–Trinajstić information content (AvgIpc) is 3.36. The summed E-state index contributed by atoms with van der Waals surface area (Å²) in [6.07, 6.45) is 4.83. The summed E-state index contributed by atoms with van der Waals surface area (Å²) in [5.74, 6) is 1.81. The summed E-state index contributed by atoms with van der Waals surface area (Å²) in [6, 6.07) is 6.09. The minimum Gasteiger partial charge on any atom is -0.355 e. The molecule has 0 aliphatic carbocycles. The third-order valence-electron chi connectivity index (χ3n) is 6.88. The third-order valence-corrected chi connectivity index (χ3v) is 8.69. The van der Waals surface area contributed by atoms with Crippen LogP contribution in [-0.4, -0.2) is 67.6 Å². The van der Waals surface area contributed by atoms with Crippen molar-refractivity contribution in [3.05, 3.63) is 36.2 Å². The number of benzene rings is 1. The Morgan fingerprint density at radius 2 is 1.81 bits per heavy atom. The van der Waals surface area contributed by atoms with E-state index < -0.39 is 10.0 Å². The fourth-order valence-electron chi connectivity index (χ4n) is 5.01. The van der Waals surface area contributed by atoms with Crippen molar-refractivity contribution in [1.29, 1.82) is 0 Å². The minimum absolute atomic E-state index is 0.145. The lowest BCUT2D eigenvalue weighted by Gasteiger charge is -2.26. The van der Waals surface area contributed by atoms with Crippen LogP contribution in [0.15, 0.2) is 30.6 Å². The molecule has 2 saturated heterocycles. The maximum Gasteiger partial charge on any atom is 0.227 e. The third kappa shape index (κ3) is 3.59. The van der Waals surface area contributed by atoms with Crippen LogP contribution in [0, 0.1) is 11.8 Å². The average molecular weight is 442 g/mol. The zero-order valence-corrected chi connectivity index (χ0v) is 18.7. The molecule has 3 aliphatic rings. The molecule has 0 bridgehead atoms. The van der Waals surface area contributed by atoms with Gasteiger partial charge in [0.2, 0.25) is 15.9 Å². The predicted molar refractivity (Wildman–Crippen MR) is 119 cm³/mol. The first-order valence-electron chi connectivity index (χ1n) is 10.8. The summed E-state index contributed by atoms with van der Waals surface area (Å²) in [5, 5.41) is 0. The molecule has 1 aromatic carbocycles. The molecule has 1 amide bonds. The Bertz CT molecular complexity index is 1120. The number of nitrogens with zero attached hydrogens (tertiary/aromatic N) is 5. The molecule has 2 atom stereocenters. The Hall–Kier alpha value is -2.52. The summed E-state index contributed by atoms with van der Waals surface area (Å²) in [4.78, 5) is 25.2. The van der Waals surface area contributed by atoms with Crippen LogP contribution in [0.3, 0.4) is 0 Å². The summed E-state index contributed by atoms with van der Waals surface area (Å²) < 4.78 is 26.0. The Labute approximate surface area is 182 Å². The first kappa shape index (κ1) is 20.4. The van der Waals surface area contributed by atoms with Crippen LogP contribution >= 0.6 is 0 Å². The van der Waals surface area contributed by atoms with E-state index in [1.807, 2.05) is 19.2 Å². The van der Waals surface area contributed by atoms with Crippen molar-refractivity contribution in [3.63, 3.8) is 0 Å². The highest BCUT2D eigenvalue weighted by molar-refractivity contribution is 7.89. The first-order chi connectivity index (χ1) is 14.9. The van der Waals surface area contributed by atoms with Gasteiger partial charge < -0.3 is 9.80 Å². The molecule has 31 heavy (non-hydrogen) atoms. The summed E-state index contributed by atoms with van der Waals surface area (Å²) >= 11 is 0. The molecule has 0 saturated carbocycles. The number of amides is 1. The fourth-order valence-corrected chi connectivity index (χ4v) is 6.21. The lowest BCUT2D eigenvalue weighted by molar-refractivity contribution is -0.118. The van der Waals surface area contributed by atoms with Gasteiger partial charge in [0, 0.05) is 50.9 Å². The molecule has 4 heterocycles. The van der Waals surface area contributed by atoms with Gasteiger partial charge in [-0.05, 0) is 42.9 Å². The molecular formula is C22H27N5O3S. The number of carbonyl (C=O) groups excluding carboxylic acids is 1. The zero-order chi connectivity index (χ0) is 21.8. The molecule has 0 N–H and O–H groups in total. The van der Waals surface area contributed by atoms with E-state index in [1.165, 1.54) is 0 Å². The summed E-state index contributed by atoms with van der Waals surface area (Å²) in [5.41, 5.74) is 3.92. The van der Waals surface area contributed by atoms with Crippen molar-refractivity contribution in [1.82, 2.24) is 14.3 Å². The molecule has 9 heteroatoms. The molecule has 2 aromatic rings. The largest absolute Gasteiger partial charge is 0.355 e. The van der Waals surface area contributed by atoms with Crippen LogP contribution in [0.2, 0.25) is 0 Å². The monoisotopic (exact) mass is 441 g/mol. The van der Waals surface area contributed by atoms with E-state index in [4.69, 9.17) is 4.98 Å². The molecule has 3 aliphatic heterocycles. The quantitative estimate of drug-likeness (QED) is 0.719. The summed E-state index contributed by atoms with van der Waals surface area (Å²) in [6.45, 7) is 4.50. The number of anilines is 2. The van der Waals surface area contributed by atoms with Gasteiger partial charge in [-0.25, -0.2) is 17.7 Å². The topological polar surface area (TPSA) is 86.7 Å². The number of rotatable bonds is 4. The molecular weight excluding hydrogens is 414 g/mol. The van der Waals surface area contributed by atoms with Crippen molar-refractivity contribution < 1.29 is 13.2 Å². The highest BCUT2D eigenvalue weighted by atomic mass is 32.2. The molecule has 8 nitrogen and oxygen atoms in total. The standard InChI is InChI=1S/C22H27N5O3S/c1-3-31(29,30)27-13-17-11-26(12-18(17)14-27)21-10-23-9-19(24-21)15-4-6-20-16(8-15)5-7-22(28)25(20)2/h4,6,8-10,17-18H,3,5,7,11-14H2,1-2H3/t17-,18-/m1/s1. The van der Waals surface area contributed by atoms with Gasteiger partial charge in [0.25, 0.3) is 0 Å². The van der Waals surface area contributed by atoms with E-state index >= 15 is 0 Å². The lowest BCUT2D eigenvalue weighted by Crippen LogP contribution is -2.34. The van der Waals surface area contributed by atoms with E-state index in [0.29, 0.717) is 31.3 Å². The second-order valence-electron chi connectivity index (χ2n) is 8.70. The number of sulfonamides is 1. The van der Waals surface area contributed by atoms with Gasteiger partial charge in [-0.15, -0.1) is 0 Å². The van der Waals surface area contributed by atoms with Crippen LogP contribution in [0.25, 0.3) is 11.3 Å². The Morgan fingerprint density at radius 1 is 1.06 bits per heavy atom. The second-order valence-corrected chi connectivity index (χ2v) is 11.0. The van der Waals surface area contributed by atoms with Crippen molar-refractivity contribution >= 4 is 27.4 Å². The molecule has 1 aromatic heterocycles. The van der Waals surface area contributed by atoms with Crippen molar-refractivity contribution in [2.75, 3.05) is 48.8 Å². The second kappa shape index (κ2) is 7.56. The van der Waals surface area contributed by atoms with Crippen molar-refractivity contribution in [2.45, 2.75) is 19.8 Å². The first-order valence-corrected chi connectivity index (χ1v) is 12.4. The van der Waals surface area contributed by atoms with Gasteiger partial charge in [0.05, 0.1) is 23.8 Å². The molecule has 164 valence electrons.